The number of nitrogens with zero attached hydrogens (tertiary/aromatic N) is 2. The number of benzene rings is 2. The normalized spacial score (nSPS) is 14.2. The van der Waals surface area contributed by atoms with E-state index in [0.29, 0.717) is 37.6 Å². The first kappa shape index (κ1) is 25.1. The van der Waals surface area contributed by atoms with Crippen molar-refractivity contribution in [2.24, 2.45) is 0 Å². The highest BCUT2D eigenvalue weighted by Gasteiger charge is 2.43. The topological polar surface area (TPSA) is 96.7 Å². The van der Waals surface area contributed by atoms with Crippen molar-refractivity contribution in [2.75, 3.05) is 6.54 Å². The van der Waals surface area contributed by atoms with Gasteiger partial charge in [-0.15, -0.1) is 0 Å². The number of carboxylic acids is 1. The zero-order valence-electron chi connectivity index (χ0n) is 18.2. The van der Waals surface area contributed by atoms with Gasteiger partial charge < -0.3 is 10.0 Å². The largest absolute Gasteiger partial charge is 0.481 e. The zero-order chi connectivity index (χ0) is 25.5. The average molecular weight is 529 g/mol. The van der Waals surface area contributed by atoms with Crippen LogP contribution in [0.4, 0.5) is 13.2 Å². The van der Waals surface area contributed by atoms with Gasteiger partial charge in [-0.05, 0) is 66.8 Å². The maximum absolute atomic E-state index is 13.7. The van der Waals surface area contributed by atoms with Crippen LogP contribution in [-0.4, -0.2) is 47.0 Å². The minimum absolute atomic E-state index is 0.117. The van der Waals surface area contributed by atoms with Crippen molar-refractivity contribution in [3.05, 3.63) is 64.3 Å². The molecule has 0 saturated heterocycles. The number of carbonyl (C=O) groups is 2. The Labute approximate surface area is 203 Å². The molecule has 0 spiro atoms. The highest BCUT2D eigenvalue weighted by Crippen LogP contribution is 2.31. The van der Waals surface area contributed by atoms with Crippen molar-refractivity contribution in [3.63, 3.8) is 0 Å². The molecular weight excluding hydrogens is 509 g/mol. The molecule has 3 aromatic rings. The SMILES string of the molecule is O=C(O)CCCc1cc2cc(Cl)ccc2n1S(=O)(=O)c1ccc2c(c1)CN(C(=O)C(F)(F)F)CC2. The van der Waals surface area contributed by atoms with Gasteiger partial charge in [0.1, 0.15) is 0 Å². The van der Waals surface area contributed by atoms with E-state index in [0.717, 1.165) is 3.97 Å². The number of fused-ring (bicyclic) bond motifs is 2. The van der Waals surface area contributed by atoms with Crippen LogP contribution in [0.2, 0.25) is 5.02 Å². The van der Waals surface area contributed by atoms with Crippen LogP contribution in [-0.2, 0) is 39.0 Å². The van der Waals surface area contributed by atoms with E-state index in [1.165, 1.54) is 24.3 Å². The first-order valence-electron chi connectivity index (χ1n) is 10.6. The number of hydrogen-bond acceptors (Lipinski definition) is 4. The van der Waals surface area contributed by atoms with Crippen molar-refractivity contribution in [2.45, 2.75) is 43.3 Å². The van der Waals surface area contributed by atoms with Gasteiger partial charge in [-0.3, -0.25) is 9.59 Å². The molecule has 1 aliphatic heterocycles. The van der Waals surface area contributed by atoms with Gasteiger partial charge in [-0.25, -0.2) is 12.4 Å². The molecule has 1 N–H and O–H groups in total. The number of amides is 1. The number of hydrogen-bond donors (Lipinski definition) is 1. The number of halogens is 4. The second-order valence-electron chi connectivity index (χ2n) is 8.26. The molecule has 2 aromatic carbocycles. The summed E-state index contributed by atoms with van der Waals surface area (Å²) < 4.78 is 67.3. The number of carboxylic acid groups (broad SMARTS) is 1. The first-order chi connectivity index (χ1) is 16.4. The molecule has 1 aliphatic rings. The Morgan fingerprint density at radius 2 is 1.80 bits per heavy atom. The number of aromatic nitrogens is 1. The Morgan fingerprint density at radius 3 is 2.49 bits per heavy atom. The molecule has 35 heavy (non-hydrogen) atoms. The van der Waals surface area contributed by atoms with E-state index in [2.05, 4.69) is 0 Å². The minimum Gasteiger partial charge on any atom is -0.481 e. The summed E-state index contributed by atoms with van der Waals surface area (Å²) >= 11 is 6.06. The molecule has 1 aromatic heterocycles. The standard InChI is InChI=1S/C23H20ClF3N2O5S/c24-17-5-7-20-15(10-17)11-18(2-1-3-21(30)31)29(20)35(33,34)19-6-4-14-8-9-28(13-16(14)12-19)22(32)23(25,26)27/h4-7,10-12H,1-3,8-9,13H2,(H,30,31). The van der Waals surface area contributed by atoms with Crippen LogP contribution < -0.4 is 0 Å². The van der Waals surface area contributed by atoms with Crippen molar-refractivity contribution < 1.29 is 36.3 Å². The zero-order valence-corrected chi connectivity index (χ0v) is 19.8. The number of aliphatic carboxylic acids is 1. The van der Waals surface area contributed by atoms with Crippen LogP contribution >= 0.6 is 11.6 Å². The molecule has 0 bridgehead atoms. The number of carbonyl (C=O) groups excluding carboxylic acids is 1. The molecule has 0 saturated carbocycles. The molecule has 0 atom stereocenters. The van der Waals surface area contributed by atoms with Crippen LogP contribution in [0.25, 0.3) is 10.9 Å². The van der Waals surface area contributed by atoms with Gasteiger partial charge in [0.25, 0.3) is 10.0 Å². The Bertz CT molecular complexity index is 1430. The van der Waals surface area contributed by atoms with Crippen LogP contribution in [0.3, 0.4) is 0 Å². The second kappa shape index (κ2) is 9.19. The second-order valence-corrected chi connectivity index (χ2v) is 10.5. The quantitative estimate of drug-likeness (QED) is 0.512. The lowest BCUT2D eigenvalue weighted by Gasteiger charge is -2.29. The smallest absolute Gasteiger partial charge is 0.471 e. The summed E-state index contributed by atoms with van der Waals surface area (Å²) in [6, 6.07) is 10.5. The molecule has 1 amide bonds. The number of rotatable bonds is 6. The summed E-state index contributed by atoms with van der Waals surface area (Å²) in [7, 11) is -4.22. The Balaban J connectivity index is 1.75. The van der Waals surface area contributed by atoms with Gasteiger partial charge in [-0.2, -0.15) is 13.2 Å². The predicted molar refractivity (Wildman–Crippen MR) is 122 cm³/mol. The number of alkyl halides is 3. The molecule has 4 rings (SSSR count). The highest BCUT2D eigenvalue weighted by atomic mass is 35.5. The summed E-state index contributed by atoms with van der Waals surface area (Å²) in [5, 5.41) is 9.90. The van der Waals surface area contributed by atoms with E-state index in [4.69, 9.17) is 16.7 Å². The lowest BCUT2D eigenvalue weighted by atomic mass is 10.00. The first-order valence-corrected chi connectivity index (χ1v) is 12.4. The number of aryl methyl sites for hydroxylation is 1. The highest BCUT2D eigenvalue weighted by molar-refractivity contribution is 7.90. The van der Waals surface area contributed by atoms with E-state index in [1.54, 1.807) is 18.2 Å². The van der Waals surface area contributed by atoms with Gasteiger partial charge in [0, 0.05) is 35.6 Å². The maximum atomic E-state index is 13.7. The van der Waals surface area contributed by atoms with Gasteiger partial charge in [0.05, 0.1) is 10.4 Å². The molecule has 0 aliphatic carbocycles. The maximum Gasteiger partial charge on any atom is 0.471 e. The van der Waals surface area contributed by atoms with Gasteiger partial charge in [-0.1, -0.05) is 17.7 Å². The molecular formula is C23H20ClF3N2O5S. The lowest BCUT2D eigenvalue weighted by Crippen LogP contribution is -2.43. The fourth-order valence-electron chi connectivity index (χ4n) is 4.25. The van der Waals surface area contributed by atoms with E-state index in [1.807, 2.05) is 0 Å². The third kappa shape index (κ3) is 5.01. The third-order valence-corrected chi connectivity index (χ3v) is 7.87. The average Bonchev–Trinajstić information content (AvgIpc) is 3.14. The Hall–Kier alpha value is -3.05. The van der Waals surface area contributed by atoms with E-state index in [9.17, 15) is 31.2 Å². The van der Waals surface area contributed by atoms with E-state index in [-0.39, 0.29) is 43.7 Å². The fourth-order valence-corrected chi connectivity index (χ4v) is 6.05. The van der Waals surface area contributed by atoms with Crippen molar-refractivity contribution in [3.8, 4) is 0 Å². The fraction of sp³-hybridized carbons (Fsp3) is 0.304. The van der Waals surface area contributed by atoms with Crippen LogP contribution in [0.15, 0.2) is 47.4 Å². The van der Waals surface area contributed by atoms with E-state index >= 15 is 0 Å². The molecule has 0 fully saturated rings. The van der Waals surface area contributed by atoms with Crippen molar-refractivity contribution in [1.29, 1.82) is 0 Å². The molecule has 0 unspecified atom stereocenters. The van der Waals surface area contributed by atoms with Crippen LogP contribution in [0.5, 0.6) is 0 Å². The van der Waals surface area contributed by atoms with Crippen molar-refractivity contribution >= 4 is 44.4 Å². The van der Waals surface area contributed by atoms with E-state index < -0.39 is 28.1 Å². The molecule has 0 radical (unpaired) electrons. The lowest BCUT2D eigenvalue weighted by molar-refractivity contribution is -0.186. The van der Waals surface area contributed by atoms with Gasteiger partial charge >= 0.3 is 18.1 Å². The molecule has 12 heteroatoms. The molecule has 186 valence electrons. The predicted octanol–water partition coefficient (Wildman–Crippen LogP) is 4.39. The van der Waals surface area contributed by atoms with Crippen LogP contribution in [0.1, 0.15) is 29.7 Å². The monoisotopic (exact) mass is 528 g/mol. The minimum atomic E-state index is -5.02. The third-order valence-electron chi connectivity index (χ3n) is 5.87. The molecule has 7 nitrogen and oxygen atoms in total. The Morgan fingerprint density at radius 1 is 1.06 bits per heavy atom. The summed E-state index contributed by atoms with van der Waals surface area (Å²) in [6.07, 6.45) is -4.63. The van der Waals surface area contributed by atoms with Crippen LogP contribution in [0, 0.1) is 0 Å². The summed E-state index contributed by atoms with van der Waals surface area (Å²) in [4.78, 5) is 23.1. The van der Waals surface area contributed by atoms with Crippen molar-refractivity contribution in [1.82, 2.24) is 8.87 Å². The van der Waals surface area contributed by atoms with Gasteiger partial charge in [0.2, 0.25) is 0 Å². The summed E-state index contributed by atoms with van der Waals surface area (Å²) in [5.41, 5.74) is 1.68. The Kier molecular flexibility index (Phi) is 6.58. The summed E-state index contributed by atoms with van der Waals surface area (Å²) in [5.74, 6) is -2.98. The molecule has 2 heterocycles. The summed E-state index contributed by atoms with van der Waals surface area (Å²) in [6.45, 7) is -0.474. The van der Waals surface area contributed by atoms with Gasteiger partial charge in [0.15, 0.2) is 0 Å².